The van der Waals surface area contributed by atoms with Crippen molar-refractivity contribution in [2.24, 2.45) is 0 Å². The lowest BCUT2D eigenvalue weighted by molar-refractivity contribution is -0.129. The lowest BCUT2D eigenvalue weighted by atomic mass is 10.1. The maximum absolute atomic E-state index is 12.1. The van der Waals surface area contributed by atoms with Crippen LogP contribution in [0.5, 0.6) is 0 Å². The van der Waals surface area contributed by atoms with Crippen LogP contribution in [0.1, 0.15) is 30.6 Å². The molecule has 1 aromatic rings. The number of thiophene rings is 1. The van der Waals surface area contributed by atoms with E-state index in [2.05, 4.69) is 0 Å². The summed E-state index contributed by atoms with van der Waals surface area (Å²) < 4.78 is 0. The lowest BCUT2D eigenvalue weighted by Crippen LogP contribution is -2.41. The molecule has 3 nitrogen and oxygen atoms in total. The highest BCUT2D eigenvalue weighted by Crippen LogP contribution is 2.17. The normalized spacial score (nSPS) is 21.2. The van der Waals surface area contributed by atoms with Crippen molar-refractivity contribution in [2.75, 3.05) is 13.2 Å². The molecule has 0 bridgehead atoms. The highest BCUT2D eigenvalue weighted by molar-refractivity contribution is 7.10. The maximum atomic E-state index is 12.1. The molecule has 1 N–H and O–H groups in total. The Morgan fingerprint density at radius 1 is 1.50 bits per heavy atom. The average Bonchev–Trinajstić information content (AvgIpc) is 2.79. The molecule has 98 valence electrons. The van der Waals surface area contributed by atoms with Crippen LogP contribution in [0.25, 0.3) is 6.08 Å². The van der Waals surface area contributed by atoms with Crippen LogP contribution in [0.4, 0.5) is 0 Å². The quantitative estimate of drug-likeness (QED) is 0.853. The van der Waals surface area contributed by atoms with Crippen LogP contribution in [0, 0.1) is 0 Å². The molecule has 2 rings (SSSR count). The average molecular weight is 265 g/mol. The van der Waals surface area contributed by atoms with E-state index >= 15 is 0 Å². The minimum Gasteiger partial charge on any atom is -0.394 e. The smallest absolute Gasteiger partial charge is 0.246 e. The molecule has 1 unspecified atom stereocenters. The zero-order chi connectivity index (χ0) is 12.8. The minimum absolute atomic E-state index is 0.00649. The number of hydrogen-bond donors (Lipinski definition) is 1. The van der Waals surface area contributed by atoms with E-state index in [0.29, 0.717) is 0 Å². The molecule has 0 aliphatic carbocycles. The molecule has 1 fully saturated rings. The number of aliphatic hydroxyl groups excluding tert-OH is 1. The molecule has 0 saturated carbocycles. The minimum atomic E-state index is -0.00649. The van der Waals surface area contributed by atoms with E-state index < -0.39 is 0 Å². The van der Waals surface area contributed by atoms with Gasteiger partial charge in [-0.2, -0.15) is 0 Å². The van der Waals surface area contributed by atoms with Gasteiger partial charge in [-0.25, -0.2) is 0 Å². The van der Waals surface area contributed by atoms with Crippen LogP contribution in [0.15, 0.2) is 23.6 Å². The van der Waals surface area contributed by atoms with Crippen LogP contribution in [0.2, 0.25) is 0 Å². The topological polar surface area (TPSA) is 40.5 Å². The predicted octanol–water partition coefficient (Wildman–Crippen LogP) is 2.52. The molecule has 4 heteroatoms. The summed E-state index contributed by atoms with van der Waals surface area (Å²) in [7, 11) is 0. The van der Waals surface area contributed by atoms with Gasteiger partial charge in [-0.1, -0.05) is 18.9 Å². The van der Waals surface area contributed by atoms with Crippen LogP contribution in [-0.2, 0) is 4.79 Å². The van der Waals surface area contributed by atoms with Gasteiger partial charge in [0.25, 0.3) is 0 Å². The van der Waals surface area contributed by atoms with Crippen molar-refractivity contribution in [3.05, 3.63) is 28.5 Å². The molecule has 1 aliphatic rings. The van der Waals surface area contributed by atoms with Crippen LogP contribution in [-0.4, -0.2) is 35.1 Å². The number of carbonyl (C=O) groups is 1. The molecular weight excluding hydrogens is 246 g/mol. The van der Waals surface area contributed by atoms with Crippen LogP contribution >= 0.6 is 11.3 Å². The van der Waals surface area contributed by atoms with E-state index in [1.54, 1.807) is 17.4 Å². The fraction of sp³-hybridized carbons (Fsp3) is 0.500. The Labute approximate surface area is 112 Å². The fourth-order valence-electron chi connectivity index (χ4n) is 2.29. The number of nitrogens with zero attached hydrogens (tertiary/aromatic N) is 1. The van der Waals surface area contributed by atoms with Crippen molar-refractivity contribution in [2.45, 2.75) is 31.7 Å². The van der Waals surface area contributed by atoms with Crippen molar-refractivity contribution in [3.8, 4) is 0 Å². The standard InChI is InChI=1S/C14H19NO2S/c16-11-12-5-2-1-3-9-15(12)14(17)8-7-13-6-4-10-18-13/h4,6-8,10,12,16H,1-3,5,9,11H2/b8-7+. The number of amides is 1. The molecule has 0 aromatic carbocycles. The van der Waals surface area contributed by atoms with Crippen LogP contribution in [0.3, 0.4) is 0 Å². The zero-order valence-electron chi connectivity index (χ0n) is 10.4. The Balaban J connectivity index is 2.01. The summed E-state index contributed by atoms with van der Waals surface area (Å²) in [6.45, 7) is 0.831. The number of rotatable bonds is 3. The second-order valence-electron chi connectivity index (χ2n) is 4.57. The summed E-state index contributed by atoms with van der Waals surface area (Å²) in [5.74, 6) is 0.0179. The van der Waals surface area contributed by atoms with E-state index in [1.165, 1.54) is 0 Å². The number of hydrogen-bond acceptors (Lipinski definition) is 3. The number of likely N-dealkylation sites (tertiary alicyclic amines) is 1. The number of carbonyl (C=O) groups excluding carboxylic acids is 1. The highest BCUT2D eigenvalue weighted by atomic mass is 32.1. The third kappa shape index (κ3) is 3.43. The molecule has 0 spiro atoms. The molecule has 2 heterocycles. The third-order valence-electron chi connectivity index (χ3n) is 3.30. The first-order chi connectivity index (χ1) is 8.81. The Kier molecular flexibility index (Phi) is 4.96. The lowest BCUT2D eigenvalue weighted by Gasteiger charge is -2.27. The molecule has 1 atom stereocenters. The fourth-order valence-corrected chi connectivity index (χ4v) is 2.91. The third-order valence-corrected chi connectivity index (χ3v) is 4.14. The van der Waals surface area contributed by atoms with Crippen LogP contribution < -0.4 is 0 Å². The van der Waals surface area contributed by atoms with Gasteiger partial charge in [0.1, 0.15) is 0 Å². The molecule has 1 aliphatic heterocycles. The predicted molar refractivity (Wildman–Crippen MR) is 74.4 cm³/mol. The van der Waals surface area contributed by atoms with Gasteiger partial charge in [0.2, 0.25) is 5.91 Å². The van der Waals surface area contributed by atoms with Gasteiger partial charge in [0, 0.05) is 17.5 Å². The van der Waals surface area contributed by atoms with Gasteiger partial charge in [0.15, 0.2) is 0 Å². The summed E-state index contributed by atoms with van der Waals surface area (Å²) in [4.78, 5) is 15.0. The van der Waals surface area contributed by atoms with E-state index in [-0.39, 0.29) is 18.6 Å². The maximum Gasteiger partial charge on any atom is 0.246 e. The molecule has 1 saturated heterocycles. The first-order valence-electron chi connectivity index (χ1n) is 6.44. The molecule has 0 radical (unpaired) electrons. The summed E-state index contributed by atoms with van der Waals surface area (Å²) in [6.07, 6.45) is 7.68. The summed E-state index contributed by atoms with van der Waals surface area (Å²) in [5, 5.41) is 11.4. The second kappa shape index (κ2) is 6.71. The molecule has 1 aromatic heterocycles. The van der Waals surface area contributed by atoms with Gasteiger partial charge in [-0.3, -0.25) is 4.79 Å². The van der Waals surface area contributed by atoms with Crippen molar-refractivity contribution in [3.63, 3.8) is 0 Å². The van der Waals surface area contributed by atoms with Gasteiger partial charge in [-0.05, 0) is 30.4 Å². The molecule has 1 amide bonds. The Hall–Kier alpha value is -1.13. The van der Waals surface area contributed by atoms with Gasteiger partial charge in [0.05, 0.1) is 12.6 Å². The van der Waals surface area contributed by atoms with Crippen molar-refractivity contribution in [1.82, 2.24) is 4.90 Å². The second-order valence-corrected chi connectivity index (χ2v) is 5.55. The Bertz CT molecular complexity index is 400. The SMILES string of the molecule is O=C(/C=C/c1cccs1)N1CCCCCC1CO. The molecular formula is C14H19NO2S. The van der Waals surface area contributed by atoms with Crippen molar-refractivity contribution < 1.29 is 9.90 Å². The van der Waals surface area contributed by atoms with Gasteiger partial charge < -0.3 is 10.0 Å². The largest absolute Gasteiger partial charge is 0.394 e. The summed E-state index contributed by atoms with van der Waals surface area (Å²) in [5.41, 5.74) is 0. The Morgan fingerprint density at radius 2 is 2.39 bits per heavy atom. The van der Waals surface area contributed by atoms with E-state index in [0.717, 1.165) is 37.1 Å². The first-order valence-corrected chi connectivity index (χ1v) is 7.32. The summed E-state index contributed by atoms with van der Waals surface area (Å²) in [6, 6.07) is 3.95. The van der Waals surface area contributed by atoms with E-state index in [9.17, 15) is 9.90 Å². The van der Waals surface area contributed by atoms with Crippen molar-refractivity contribution in [1.29, 1.82) is 0 Å². The monoisotopic (exact) mass is 265 g/mol. The van der Waals surface area contributed by atoms with E-state index in [1.807, 2.05) is 28.5 Å². The van der Waals surface area contributed by atoms with E-state index in [4.69, 9.17) is 0 Å². The van der Waals surface area contributed by atoms with Crippen molar-refractivity contribution >= 4 is 23.3 Å². The first kappa shape index (κ1) is 13.3. The number of aliphatic hydroxyl groups is 1. The van der Waals surface area contributed by atoms with Gasteiger partial charge >= 0.3 is 0 Å². The molecule has 18 heavy (non-hydrogen) atoms. The Morgan fingerprint density at radius 3 is 3.11 bits per heavy atom. The highest BCUT2D eigenvalue weighted by Gasteiger charge is 2.22. The summed E-state index contributed by atoms with van der Waals surface area (Å²) >= 11 is 1.62. The zero-order valence-corrected chi connectivity index (χ0v) is 11.2. The van der Waals surface area contributed by atoms with Gasteiger partial charge in [-0.15, -0.1) is 11.3 Å².